The zero-order chi connectivity index (χ0) is 24.7. The maximum Gasteiger partial charge on any atom is 0.328 e. The highest BCUT2D eigenvalue weighted by molar-refractivity contribution is 6.02. The Kier molecular flexibility index (Phi) is 8.96. The molecule has 3 N–H and O–H groups in total. The third kappa shape index (κ3) is 7.89. The molecule has 178 valence electrons. The molecule has 2 aromatic carbocycles. The number of nitrogens with zero attached hydrogens (tertiary/aromatic N) is 1. The predicted octanol–water partition coefficient (Wildman–Crippen LogP) is 6.22. The van der Waals surface area contributed by atoms with Crippen molar-refractivity contribution in [2.45, 2.75) is 34.6 Å². The van der Waals surface area contributed by atoms with E-state index in [4.69, 9.17) is 5.11 Å². The van der Waals surface area contributed by atoms with Crippen LogP contribution in [-0.4, -0.2) is 30.2 Å². The second-order valence-corrected chi connectivity index (χ2v) is 8.79. The number of carbonyl (C=O) groups is 2. The van der Waals surface area contributed by atoms with Gasteiger partial charge in [-0.15, -0.1) is 0 Å². The molecule has 2 aromatic rings. The van der Waals surface area contributed by atoms with Crippen LogP contribution in [0.3, 0.4) is 0 Å². The molecule has 0 aliphatic carbocycles. The molecule has 0 fully saturated rings. The van der Waals surface area contributed by atoms with Gasteiger partial charge in [-0.25, -0.2) is 18.4 Å². The number of aliphatic carboxylic acids is 1. The molecule has 0 unspecified atom stereocenters. The number of amides is 2. The van der Waals surface area contributed by atoms with Crippen LogP contribution in [0, 0.1) is 23.5 Å². The topological polar surface area (TPSA) is 81.7 Å². The highest BCUT2D eigenvalue weighted by Crippen LogP contribution is 2.31. The van der Waals surface area contributed by atoms with Gasteiger partial charge in [0.2, 0.25) is 0 Å². The van der Waals surface area contributed by atoms with Crippen LogP contribution in [-0.2, 0) is 4.79 Å². The van der Waals surface area contributed by atoms with Crippen LogP contribution in [0.5, 0.6) is 0 Å². The Bertz CT molecular complexity index is 1030. The minimum Gasteiger partial charge on any atom is -0.478 e. The number of hydrogen-bond acceptors (Lipinski definition) is 3. The summed E-state index contributed by atoms with van der Waals surface area (Å²) in [6, 6.07) is 7.53. The van der Waals surface area contributed by atoms with Crippen molar-refractivity contribution in [2.24, 2.45) is 11.8 Å². The third-order valence-electron chi connectivity index (χ3n) is 4.73. The van der Waals surface area contributed by atoms with Gasteiger partial charge < -0.3 is 20.6 Å². The first-order valence-electron chi connectivity index (χ1n) is 10.8. The zero-order valence-electron chi connectivity index (χ0n) is 19.6. The minimum absolute atomic E-state index is 0.158. The molecule has 2 rings (SSSR count). The Morgan fingerprint density at radius 2 is 1.58 bits per heavy atom. The minimum atomic E-state index is -1.07. The normalized spacial score (nSPS) is 11.6. The molecule has 2 amide bonds. The number of hydrogen-bond donors (Lipinski definition) is 3. The summed E-state index contributed by atoms with van der Waals surface area (Å²) in [5.74, 6) is -2.00. The number of anilines is 3. The molecular weight excluding hydrogens is 428 g/mol. The molecule has 0 saturated heterocycles. The van der Waals surface area contributed by atoms with Crippen molar-refractivity contribution in [3.63, 3.8) is 0 Å². The molecule has 0 saturated carbocycles. The van der Waals surface area contributed by atoms with Crippen molar-refractivity contribution < 1.29 is 23.5 Å². The fourth-order valence-corrected chi connectivity index (χ4v) is 3.45. The largest absolute Gasteiger partial charge is 0.478 e. The van der Waals surface area contributed by atoms with Gasteiger partial charge in [-0.2, -0.15) is 0 Å². The van der Waals surface area contributed by atoms with Gasteiger partial charge in [0, 0.05) is 25.2 Å². The molecule has 0 heterocycles. The maximum atomic E-state index is 14.0. The quantitative estimate of drug-likeness (QED) is 0.389. The second kappa shape index (κ2) is 11.4. The molecule has 0 bridgehead atoms. The fraction of sp³-hybridized carbons (Fsp3) is 0.360. The number of halogens is 2. The van der Waals surface area contributed by atoms with Gasteiger partial charge in [0.15, 0.2) is 0 Å². The maximum absolute atomic E-state index is 14.0. The number of allylic oxidation sites excluding steroid dienone is 1. The van der Waals surface area contributed by atoms with Crippen molar-refractivity contribution in [3.8, 4) is 0 Å². The van der Waals surface area contributed by atoms with Crippen molar-refractivity contribution in [1.29, 1.82) is 0 Å². The summed E-state index contributed by atoms with van der Waals surface area (Å²) in [6.45, 7) is 11.5. The highest BCUT2D eigenvalue weighted by Gasteiger charge is 2.18. The molecule has 6 nitrogen and oxygen atoms in total. The second-order valence-electron chi connectivity index (χ2n) is 8.79. The van der Waals surface area contributed by atoms with Crippen LogP contribution in [0.15, 0.2) is 42.5 Å². The third-order valence-corrected chi connectivity index (χ3v) is 4.73. The highest BCUT2D eigenvalue weighted by atomic mass is 19.1. The summed E-state index contributed by atoms with van der Waals surface area (Å²) >= 11 is 0. The lowest BCUT2D eigenvalue weighted by atomic mass is 10.0. The van der Waals surface area contributed by atoms with Gasteiger partial charge in [0.05, 0.1) is 17.1 Å². The first kappa shape index (κ1) is 25.8. The van der Waals surface area contributed by atoms with Crippen molar-refractivity contribution >= 4 is 34.6 Å². The molecule has 8 heteroatoms. The molecule has 0 radical (unpaired) electrons. The van der Waals surface area contributed by atoms with E-state index in [2.05, 4.69) is 43.2 Å². The van der Waals surface area contributed by atoms with Crippen LogP contribution in [0.2, 0.25) is 0 Å². The number of carbonyl (C=O) groups excluding carboxylic acids is 1. The lowest BCUT2D eigenvalue weighted by Crippen LogP contribution is -2.32. The number of urea groups is 1. The lowest BCUT2D eigenvalue weighted by Gasteiger charge is -2.30. The monoisotopic (exact) mass is 459 g/mol. The number of carboxylic acid groups (broad SMARTS) is 1. The van der Waals surface area contributed by atoms with E-state index in [-0.39, 0.29) is 5.69 Å². The Morgan fingerprint density at radius 1 is 0.970 bits per heavy atom. The van der Waals surface area contributed by atoms with Crippen molar-refractivity contribution in [3.05, 3.63) is 59.7 Å². The fourth-order valence-electron chi connectivity index (χ4n) is 3.45. The molecule has 0 spiro atoms. The van der Waals surface area contributed by atoms with Gasteiger partial charge >= 0.3 is 12.0 Å². The summed E-state index contributed by atoms with van der Waals surface area (Å²) in [5, 5.41) is 14.2. The first-order valence-corrected chi connectivity index (χ1v) is 10.8. The van der Waals surface area contributed by atoms with Crippen molar-refractivity contribution in [1.82, 2.24) is 0 Å². The molecule has 33 heavy (non-hydrogen) atoms. The van der Waals surface area contributed by atoms with E-state index in [1.54, 1.807) is 19.1 Å². The number of rotatable bonds is 9. The van der Waals surface area contributed by atoms with Gasteiger partial charge in [0.1, 0.15) is 11.6 Å². The smallest absolute Gasteiger partial charge is 0.328 e. The Labute approximate surface area is 193 Å². The lowest BCUT2D eigenvalue weighted by molar-refractivity contribution is -0.131. The van der Waals surface area contributed by atoms with E-state index < -0.39 is 23.6 Å². The first-order chi connectivity index (χ1) is 15.5. The number of benzene rings is 2. The predicted molar refractivity (Wildman–Crippen MR) is 129 cm³/mol. The van der Waals surface area contributed by atoms with E-state index >= 15 is 0 Å². The van der Waals surface area contributed by atoms with Gasteiger partial charge in [-0.3, -0.25) is 0 Å². The standard InChI is InChI=1S/C25H31F2N3O3/c1-15(2)13-30(14-16(3)4)23-9-6-18(17(5)10-24(31)32)11-22(23)29-25(33)28-21-8-7-19(26)12-20(21)27/h6-12,15-16H,13-14H2,1-5H3,(H,31,32)(H2,28,29,33)/b17-10+. The van der Waals surface area contributed by atoms with Crippen LogP contribution < -0.4 is 15.5 Å². The van der Waals surface area contributed by atoms with Crippen LogP contribution in [0.25, 0.3) is 5.57 Å². The Hall–Kier alpha value is -3.42. The Morgan fingerprint density at radius 3 is 2.12 bits per heavy atom. The summed E-state index contributed by atoms with van der Waals surface area (Å²) in [6.07, 6.45) is 1.09. The molecule has 0 aliphatic heterocycles. The van der Waals surface area contributed by atoms with Crippen LogP contribution in [0.1, 0.15) is 40.2 Å². The molecular formula is C25H31F2N3O3. The molecule has 0 aliphatic rings. The van der Waals surface area contributed by atoms with Crippen LogP contribution in [0.4, 0.5) is 30.6 Å². The van der Waals surface area contributed by atoms with E-state index in [9.17, 15) is 18.4 Å². The van der Waals surface area contributed by atoms with Gasteiger partial charge in [-0.1, -0.05) is 33.8 Å². The van der Waals surface area contributed by atoms with Gasteiger partial charge in [-0.05, 0) is 54.2 Å². The van der Waals surface area contributed by atoms with E-state index in [0.29, 0.717) is 34.7 Å². The van der Waals surface area contributed by atoms with E-state index in [1.807, 2.05) is 6.07 Å². The Balaban J connectivity index is 2.45. The average Bonchev–Trinajstić information content (AvgIpc) is 2.68. The van der Waals surface area contributed by atoms with E-state index in [1.165, 1.54) is 0 Å². The average molecular weight is 460 g/mol. The number of carboxylic acids is 1. The zero-order valence-corrected chi connectivity index (χ0v) is 19.6. The summed E-state index contributed by atoms with van der Waals surface area (Å²) in [7, 11) is 0. The molecule has 0 atom stereocenters. The summed E-state index contributed by atoms with van der Waals surface area (Å²) in [4.78, 5) is 25.9. The van der Waals surface area contributed by atoms with E-state index in [0.717, 1.165) is 37.0 Å². The SMILES string of the molecule is C/C(=C\C(=O)O)c1ccc(N(CC(C)C)CC(C)C)c(NC(=O)Nc2ccc(F)cc2F)c1. The van der Waals surface area contributed by atoms with Gasteiger partial charge in [0.25, 0.3) is 0 Å². The summed E-state index contributed by atoms with van der Waals surface area (Å²) in [5.41, 5.74) is 2.19. The summed E-state index contributed by atoms with van der Waals surface area (Å²) < 4.78 is 27.2. The molecule has 0 aromatic heterocycles. The number of nitrogens with one attached hydrogen (secondary N) is 2. The van der Waals surface area contributed by atoms with Crippen molar-refractivity contribution in [2.75, 3.05) is 28.6 Å². The van der Waals surface area contributed by atoms with Crippen LogP contribution >= 0.6 is 0 Å².